The summed E-state index contributed by atoms with van der Waals surface area (Å²) in [6.45, 7) is 1.72. The summed E-state index contributed by atoms with van der Waals surface area (Å²) >= 11 is 1.32. The van der Waals surface area contributed by atoms with Crippen molar-refractivity contribution in [1.29, 1.82) is 0 Å². The van der Waals surface area contributed by atoms with E-state index in [0.717, 1.165) is 5.56 Å². The van der Waals surface area contributed by atoms with Crippen LogP contribution in [0.2, 0.25) is 0 Å². The van der Waals surface area contributed by atoms with Gasteiger partial charge in [-0.2, -0.15) is 11.3 Å². The van der Waals surface area contributed by atoms with Gasteiger partial charge in [-0.15, -0.1) is 0 Å². The Hall–Kier alpha value is -1.89. The van der Waals surface area contributed by atoms with Gasteiger partial charge in [-0.3, -0.25) is 9.59 Å². The van der Waals surface area contributed by atoms with Crippen LogP contribution in [0.3, 0.4) is 0 Å². The predicted octanol–water partition coefficient (Wildman–Crippen LogP) is 0.714. The first-order chi connectivity index (χ1) is 7.91. The molecule has 0 aliphatic carbocycles. The normalized spacial score (nSPS) is 11.8. The third-order valence-electron chi connectivity index (χ3n) is 2.08. The Morgan fingerprint density at radius 1 is 1.35 bits per heavy atom. The second kappa shape index (κ2) is 5.44. The van der Waals surface area contributed by atoms with Crippen molar-refractivity contribution < 1.29 is 24.6 Å². The van der Waals surface area contributed by atoms with Gasteiger partial charge < -0.3 is 15.5 Å². The molecule has 0 saturated heterocycles. The van der Waals surface area contributed by atoms with Crippen LogP contribution in [0.15, 0.2) is 10.8 Å². The van der Waals surface area contributed by atoms with E-state index in [-0.39, 0.29) is 0 Å². The Bertz CT molecular complexity index is 453. The van der Waals surface area contributed by atoms with Crippen molar-refractivity contribution in [1.82, 2.24) is 5.32 Å². The predicted molar refractivity (Wildman–Crippen MR) is 60.2 cm³/mol. The summed E-state index contributed by atoms with van der Waals surface area (Å²) in [6, 6.07) is -1.42. The van der Waals surface area contributed by atoms with Gasteiger partial charge in [0, 0.05) is 5.38 Å². The monoisotopic (exact) mass is 257 g/mol. The van der Waals surface area contributed by atoms with Crippen molar-refractivity contribution in [2.24, 2.45) is 0 Å². The summed E-state index contributed by atoms with van der Waals surface area (Å²) in [4.78, 5) is 32.8. The first-order valence-electron chi connectivity index (χ1n) is 4.70. The molecule has 0 aliphatic heterocycles. The molecule has 0 radical (unpaired) electrons. The van der Waals surface area contributed by atoms with Crippen molar-refractivity contribution in [3.63, 3.8) is 0 Å². The lowest BCUT2D eigenvalue weighted by atomic mass is 10.1. The third-order valence-corrected chi connectivity index (χ3v) is 2.94. The minimum atomic E-state index is -1.42. The van der Waals surface area contributed by atoms with Crippen LogP contribution in [-0.2, 0) is 9.59 Å². The molecule has 0 saturated carbocycles. The molecule has 0 spiro atoms. The number of carboxylic acids is 2. The van der Waals surface area contributed by atoms with Crippen LogP contribution < -0.4 is 5.32 Å². The summed E-state index contributed by atoms with van der Waals surface area (Å²) < 4.78 is 0. The Morgan fingerprint density at radius 2 is 2.00 bits per heavy atom. The Labute approximate surface area is 101 Å². The van der Waals surface area contributed by atoms with Crippen LogP contribution in [-0.4, -0.2) is 34.1 Å². The maximum atomic E-state index is 11.7. The molecule has 1 aromatic rings. The zero-order chi connectivity index (χ0) is 13.0. The standard InChI is InChI=1S/C10H11NO5S/c1-5-3-17-4-6(5)9(14)11-7(10(15)16)2-8(12)13/h3-4,7H,2H2,1H3,(H,11,14)(H,12,13)(H,15,16)/t7-/m1/s1. The van der Waals surface area contributed by atoms with Crippen LogP contribution in [0.4, 0.5) is 0 Å². The zero-order valence-electron chi connectivity index (χ0n) is 8.97. The number of aryl methyl sites for hydroxylation is 1. The summed E-state index contributed by atoms with van der Waals surface area (Å²) in [5.74, 6) is -3.22. The Kier molecular flexibility index (Phi) is 4.22. The number of rotatable bonds is 5. The smallest absolute Gasteiger partial charge is 0.326 e. The fourth-order valence-electron chi connectivity index (χ4n) is 1.20. The van der Waals surface area contributed by atoms with Crippen molar-refractivity contribution in [3.8, 4) is 0 Å². The van der Waals surface area contributed by atoms with Crippen LogP contribution in [0.5, 0.6) is 0 Å². The third kappa shape index (κ3) is 3.56. The highest BCUT2D eigenvalue weighted by Gasteiger charge is 2.24. The molecule has 1 rings (SSSR count). The van der Waals surface area contributed by atoms with E-state index < -0.39 is 30.3 Å². The van der Waals surface area contributed by atoms with Gasteiger partial charge in [-0.1, -0.05) is 0 Å². The largest absolute Gasteiger partial charge is 0.481 e. The Balaban J connectivity index is 2.74. The number of nitrogens with one attached hydrogen (secondary N) is 1. The lowest BCUT2D eigenvalue weighted by Crippen LogP contribution is -2.42. The van der Waals surface area contributed by atoms with Gasteiger partial charge in [-0.05, 0) is 17.9 Å². The van der Waals surface area contributed by atoms with E-state index in [0.29, 0.717) is 5.56 Å². The molecule has 1 heterocycles. The number of hydrogen-bond acceptors (Lipinski definition) is 4. The molecule has 1 atom stereocenters. The lowest BCUT2D eigenvalue weighted by Gasteiger charge is -2.11. The maximum absolute atomic E-state index is 11.7. The number of aliphatic carboxylic acids is 2. The fraction of sp³-hybridized carbons (Fsp3) is 0.300. The topological polar surface area (TPSA) is 104 Å². The number of amides is 1. The van der Waals surface area contributed by atoms with E-state index in [1.807, 2.05) is 0 Å². The molecule has 1 amide bonds. The SMILES string of the molecule is Cc1cscc1C(=O)N[C@H](CC(=O)O)C(=O)O. The highest BCUT2D eigenvalue weighted by molar-refractivity contribution is 7.08. The van der Waals surface area contributed by atoms with E-state index >= 15 is 0 Å². The average molecular weight is 257 g/mol. The quantitative estimate of drug-likeness (QED) is 0.720. The van der Waals surface area contributed by atoms with E-state index in [4.69, 9.17) is 10.2 Å². The molecule has 0 aliphatic rings. The van der Waals surface area contributed by atoms with Crippen LogP contribution >= 0.6 is 11.3 Å². The number of thiophene rings is 1. The second-order valence-electron chi connectivity index (χ2n) is 3.43. The van der Waals surface area contributed by atoms with Crippen molar-refractivity contribution in [3.05, 3.63) is 21.9 Å². The molecular weight excluding hydrogens is 246 g/mol. The summed E-state index contributed by atoms with van der Waals surface area (Å²) in [7, 11) is 0. The van der Waals surface area contributed by atoms with E-state index in [1.54, 1.807) is 17.7 Å². The first-order valence-corrected chi connectivity index (χ1v) is 5.64. The molecule has 7 heteroatoms. The van der Waals surface area contributed by atoms with Gasteiger partial charge in [0.05, 0.1) is 12.0 Å². The summed E-state index contributed by atoms with van der Waals surface area (Å²) in [5.41, 5.74) is 1.10. The highest BCUT2D eigenvalue weighted by Crippen LogP contribution is 2.13. The van der Waals surface area contributed by atoms with Crippen LogP contribution in [0, 0.1) is 6.92 Å². The summed E-state index contributed by atoms with van der Waals surface area (Å²) in [5, 5.41) is 22.8. The van der Waals surface area contributed by atoms with Crippen LogP contribution in [0.25, 0.3) is 0 Å². The number of hydrogen-bond donors (Lipinski definition) is 3. The van der Waals surface area contributed by atoms with Gasteiger partial charge in [0.15, 0.2) is 0 Å². The van der Waals surface area contributed by atoms with E-state index in [9.17, 15) is 14.4 Å². The molecular formula is C10H11NO5S. The molecule has 92 valence electrons. The van der Waals surface area contributed by atoms with E-state index in [2.05, 4.69) is 5.32 Å². The zero-order valence-corrected chi connectivity index (χ0v) is 9.78. The number of carbonyl (C=O) groups is 3. The highest BCUT2D eigenvalue weighted by atomic mass is 32.1. The molecule has 17 heavy (non-hydrogen) atoms. The van der Waals surface area contributed by atoms with Gasteiger partial charge >= 0.3 is 11.9 Å². The van der Waals surface area contributed by atoms with Gasteiger partial charge in [-0.25, -0.2) is 4.79 Å². The number of carbonyl (C=O) groups excluding carboxylic acids is 1. The number of carboxylic acid groups (broad SMARTS) is 2. The minimum absolute atomic E-state index is 0.367. The van der Waals surface area contributed by atoms with Crippen molar-refractivity contribution in [2.75, 3.05) is 0 Å². The second-order valence-corrected chi connectivity index (χ2v) is 4.17. The fourth-order valence-corrected chi connectivity index (χ4v) is 2.03. The van der Waals surface area contributed by atoms with Crippen LogP contribution in [0.1, 0.15) is 22.3 Å². The van der Waals surface area contributed by atoms with Crippen molar-refractivity contribution in [2.45, 2.75) is 19.4 Å². The molecule has 6 nitrogen and oxygen atoms in total. The Morgan fingerprint density at radius 3 is 2.41 bits per heavy atom. The molecule has 1 aromatic heterocycles. The molecule has 0 aromatic carbocycles. The van der Waals surface area contributed by atoms with E-state index in [1.165, 1.54) is 11.3 Å². The molecule has 0 bridgehead atoms. The average Bonchev–Trinajstić information content (AvgIpc) is 2.62. The molecule has 0 fully saturated rings. The summed E-state index contributed by atoms with van der Waals surface area (Å²) in [6.07, 6.45) is -0.649. The minimum Gasteiger partial charge on any atom is -0.481 e. The van der Waals surface area contributed by atoms with Gasteiger partial charge in [0.25, 0.3) is 5.91 Å². The maximum Gasteiger partial charge on any atom is 0.326 e. The van der Waals surface area contributed by atoms with Gasteiger partial charge in [0.2, 0.25) is 0 Å². The van der Waals surface area contributed by atoms with Gasteiger partial charge in [0.1, 0.15) is 6.04 Å². The first kappa shape index (κ1) is 13.2. The van der Waals surface area contributed by atoms with Crippen molar-refractivity contribution >= 4 is 29.2 Å². The molecule has 3 N–H and O–H groups in total. The lowest BCUT2D eigenvalue weighted by molar-refractivity contribution is -0.145. The molecule has 0 unspecified atom stereocenters.